The van der Waals surface area contributed by atoms with E-state index in [0.717, 1.165) is 76.8 Å². The van der Waals surface area contributed by atoms with Gasteiger partial charge < -0.3 is 14.9 Å². The predicted molar refractivity (Wildman–Crippen MR) is 150 cm³/mol. The van der Waals surface area contributed by atoms with E-state index in [1.807, 2.05) is 6.07 Å². The van der Waals surface area contributed by atoms with Gasteiger partial charge in [-0.25, -0.2) is 13.2 Å². The van der Waals surface area contributed by atoms with Gasteiger partial charge in [0.15, 0.2) is 0 Å². The third-order valence-electron chi connectivity index (χ3n) is 12.6. The Labute approximate surface area is 245 Å². The molecule has 0 spiro atoms. The van der Waals surface area contributed by atoms with Crippen molar-refractivity contribution in [2.24, 2.45) is 41.4 Å². The molecule has 2 bridgehead atoms. The molecule has 9 heteroatoms. The first-order chi connectivity index (χ1) is 20.1. The first-order valence-electron chi connectivity index (χ1n) is 16.4. The van der Waals surface area contributed by atoms with Gasteiger partial charge >= 0.3 is 0 Å². The largest absolute Gasteiger partial charge is 0.389 e. The minimum absolute atomic E-state index is 0.116. The van der Waals surface area contributed by atoms with Crippen LogP contribution < -0.4 is 4.90 Å². The van der Waals surface area contributed by atoms with Crippen molar-refractivity contribution in [1.29, 1.82) is 0 Å². The zero-order valence-electron chi connectivity index (χ0n) is 24.2. The van der Waals surface area contributed by atoms with Crippen LogP contribution in [0.1, 0.15) is 63.4 Å². The Balaban J connectivity index is 0.901. The molecule has 42 heavy (non-hydrogen) atoms. The summed E-state index contributed by atoms with van der Waals surface area (Å²) in [6.45, 7) is 4.34. The maximum absolute atomic E-state index is 14.0. The van der Waals surface area contributed by atoms with Gasteiger partial charge in [-0.15, -0.1) is 0 Å². The van der Waals surface area contributed by atoms with Crippen LogP contribution in [0.15, 0.2) is 18.2 Å². The zero-order chi connectivity index (χ0) is 29.0. The minimum Gasteiger partial charge on any atom is -0.389 e. The number of benzene rings is 1. The molecule has 6 unspecified atom stereocenters. The molecule has 228 valence electrons. The number of rotatable bonds is 6. The number of alkyl halides is 2. The Hall–Kier alpha value is -2.13. The van der Waals surface area contributed by atoms with Gasteiger partial charge in [0.05, 0.1) is 23.4 Å². The van der Waals surface area contributed by atoms with Crippen LogP contribution in [0.4, 0.5) is 18.9 Å². The molecule has 7 aliphatic rings. The van der Waals surface area contributed by atoms with Gasteiger partial charge in [-0.1, -0.05) is 18.9 Å². The Bertz CT molecular complexity index is 1280. The first-order valence-corrected chi connectivity index (χ1v) is 16.4. The summed E-state index contributed by atoms with van der Waals surface area (Å²) in [5, 5.41) is 11.3. The van der Waals surface area contributed by atoms with E-state index in [4.69, 9.17) is 0 Å². The molecule has 1 aromatic rings. The van der Waals surface area contributed by atoms with E-state index in [9.17, 15) is 27.9 Å². The van der Waals surface area contributed by atoms with E-state index in [1.165, 1.54) is 10.5 Å². The lowest BCUT2D eigenvalue weighted by Gasteiger charge is -2.41. The number of hydrogen-bond donors (Lipinski definition) is 1. The summed E-state index contributed by atoms with van der Waals surface area (Å²) in [5.74, 6) is -5.48. The highest BCUT2D eigenvalue weighted by atomic mass is 19.3. The number of hydrogen-bond acceptors (Lipinski definition) is 5. The Morgan fingerprint density at radius 1 is 0.905 bits per heavy atom. The van der Waals surface area contributed by atoms with E-state index < -0.39 is 35.2 Å². The molecule has 8 atom stereocenters. The quantitative estimate of drug-likeness (QED) is 0.499. The lowest BCUT2D eigenvalue weighted by atomic mass is 9.70. The van der Waals surface area contributed by atoms with E-state index >= 15 is 0 Å². The molecule has 1 aromatic carbocycles. The number of imide groups is 1. The highest BCUT2D eigenvalue weighted by Gasteiger charge is 2.76. The molecular weight excluding hydrogens is 543 g/mol. The highest BCUT2D eigenvalue weighted by Crippen LogP contribution is 2.68. The average molecular weight is 586 g/mol. The summed E-state index contributed by atoms with van der Waals surface area (Å²) in [6.07, 6.45) is 7.85. The monoisotopic (exact) mass is 585 g/mol. The number of halogens is 3. The summed E-state index contributed by atoms with van der Waals surface area (Å²) < 4.78 is 41.9. The number of amides is 2. The average Bonchev–Trinajstić information content (AvgIpc) is 3.34. The van der Waals surface area contributed by atoms with E-state index in [0.29, 0.717) is 24.9 Å². The van der Waals surface area contributed by atoms with Gasteiger partial charge in [0.25, 0.3) is 5.92 Å². The molecule has 4 saturated carbocycles. The third-order valence-corrected chi connectivity index (χ3v) is 12.6. The van der Waals surface area contributed by atoms with Gasteiger partial charge in [-0.3, -0.25) is 14.5 Å². The molecule has 6 nitrogen and oxygen atoms in total. The predicted octanol–water partition coefficient (Wildman–Crippen LogP) is 4.49. The van der Waals surface area contributed by atoms with Crippen molar-refractivity contribution < 1.29 is 27.9 Å². The summed E-state index contributed by atoms with van der Waals surface area (Å²) >= 11 is 0. The van der Waals surface area contributed by atoms with Crippen molar-refractivity contribution in [3.63, 3.8) is 0 Å². The fraction of sp³-hybridized carbons (Fsp3) is 0.758. The molecule has 0 aromatic heterocycles. The maximum Gasteiger partial charge on any atom is 0.254 e. The standard InChI is InChI=1S/C33H42F3N3O3/c34-23-6-5-19-7-12-38(26(19)14-23)24-8-10-37(11-9-24)17-20-3-1-2-4-21(20)18-39-30(40)28-22-13-25(29(28)31(39)41)32(42,15-22)27-16-33(27,35)36/h5-6,14,20-22,24-25,27-29,42H,1-4,7-13,15-18H2/t20-,21-,22?,25?,27?,28?,29?,32?/m0/s1. The molecule has 3 heterocycles. The Kier molecular flexibility index (Phi) is 6.32. The SMILES string of the molecule is O=C1C2C3CC(C2C(=O)N1C[C@@H]1CCCC[C@H]1CN1CCC(N2CCc4ccc(F)cc42)CC1)C(O)(C1CC1(F)F)C3. The molecule has 6 fully saturated rings. The van der Waals surface area contributed by atoms with Gasteiger partial charge in [0.2, 0.25) is 11.8 Å². The van der Waals surface area contributed by atoms with Gasteiger partial charge in [0.1, 0.15) is 5.82 Å². The van der Waals surface area contributed by atoms with E-state index in [1.54, 1.807) is 12.1 Å². The van der Waals surface area contributed by atoms with Crippen molar-refractivity contribution in [3.05, 3.63) is 29.6 Å². The van der Waals surface area contributed by atoms with Crippen LogP contribution in [0, 0.1) is 47.2 Å². The fourth-order valence-corrected chi connectivity index (χ4v) is 10.4. The number of carbonyl (C=O) groups is 2. The van der Waals surface area contributed by atoms with Gasteiger partial charge in [-0.2, -0.15) is 0 Å². The van der Waals surface area contributed by atoms with Crippen molar-refractivity contribution in [2.45, 2.75) is 81.8 Å². The number of fused-ring (bicyclic) bond motifs is 6. The number of anilines is 1. The summed E-state index contributed by atoms with van der Waals surface area (Å²) in [7, 11) is 0. The first kappa shape index (κ1) is 27.4. The van der Waals surface area contributed by atoms with E-state index in [2.05, 4.69) is 9.80 Å². The van der Waals surface area contributed by atoms with Crippen LogP contribution in [0.2, 0.25) is 0 Å². The highest BCUT2D eigenvalue weighted by molar-refractivity contribution is 6.06. The number of piperidine rings is 1. The smallest absolute Gasteiger partial charge is 0.254 e. The van der Waals surface area contributed by atoms with Crippen molar-refractivity contribution in [2.75, 3.05) is 37.6 Å². The summed E-state index contributed by atoms with van der Waals surface area (Å²) in [5.41, 5.74) is 0.789. The lowest BCUT2D eigenvalue weighted by Crippen LogP contribution is -2.48. The molecule has 2 saturated heterocycles. The van der Waals surface area contributed by atoms with E-state index in [-0.39, 0.29) is 42.3 Å². The van der Waals surface area contributed by atoms with Crippen LogP contribution in [-0.2, 0) is 16.0 Å². The van der Waals surface area contributed by atoms with Crippen molar-refractivity contribution >= 4 is 17.5 Å². The maximum atomic E-state index is 14.0. The van der Waals surface area contributed by atoms with Gasteiger partial charge in [0, 0.05) is 56.8 Å². The zero-order valence-corrected chi connectivity index (χ0v) is 24.2. The molecule has 2 amide bonds. The normalized spacial score (nSPS) is 41.1. The molecule has 3 aliphatic heterocycles. The molecule has 8 rings (SSSR count). The lowest BCUT2D eigenvalue weighted by molar-refractivity contribution is -0.143. The van der Waals surface area contributed by atoms with Gasteiger partial charge in [-0.05, 0) is 80.4 Å². The molecular formula is C33H42F3N3O3. The molecule has 1 N–H and O–H groups in total. The van der Waals surface area contributed by atoms with Crippen molar-refractivity contribution in [1.82, 2.24) is 9.80 Å². The number of carbonyl (C=O) groups excluding carboxylic acids is 2. The molecule has 4 aliphatic carbocycles. The topological polar surface area (TPSA) is 64.1 Å². The Morgan fingerprint density at radius 2 is 1.60 bits per heavy atom. The van der Waals surface area contributed by atoms with Crippen LogP contribution >= 0.6 is 0 Å². The second kappa shape index (κ2) is 9.68. The van der Waals surface area contributed by atoms with Crippen LogP contribution in [0.5, 0.6) is 0 Å². The Morgan fingerprint density at radius 3 is 2.31 bits per heavy atom. The fourth-order valence-electron chi connectivity index (χ4n) is 10.4. The number of aliphatic hydroxyl groups is 1. The second-order valence-corrected chi connectivity index (χ2v) is 14.7. The summed E-state index contributed by atoms with van der Waals surface area (Å²) in [4.78, 5) is 33.7. The third kappa shape index (κ3) is 4.19. The summed E-state index contributed by atoms with van der Waals surface area (Å²) in [6, 6.07) is 5.59. The number of likely N-dealkylation sites (tertiary alicyclic amines) is 2. The second-order valence-electron chi connectivity index (χ2n) is 14.7. The van der Waals surface area contributed by atoms with Crippen LogP contribution in [0.3, 0.4) is 0 Å². The number of nitrogens with zero attached hydrogens (tertiary/aromatic N) is 3. The van der Waals surface area contributed by atoms with Crippen molar-refractivity contribution in [3.8, 4) is 0 Å². The van der Waals surface area contributed by atoms with Crippen LogP contribution in [0.25, 0.3) is 0 Å². The van der Waals surface area contributed by atoms with Crippen LogP contribution in [-0.4, -0.2) is 77.0 Å². The molecule has 0 radical (unpaired) electrons. The minimum atomic E-state index is -2.85.